The Hall–Kier alpha value is -2.41. The van der Waals surface area contributed by atoms with E-state index in [1.165, 1.54) is 0 Å². The van der Waals surface area contributed by atoms with Gasteiger partial charge < -0.3 is 10.1 Å². The van der Waals surface area contributed by atoms with E-state index in [0.29, 0.717) is 22.2 Å². The van der Waals surface area contributed by atoms with E-state index < -0.39 is 0 Å². The number of anilines is 2. The van der Waals surface area contributed by atoms with Crippen molar-refractivity contribution in [3.63, 3.8) is 0 Å². The summed E-state index contributed by atoms with van der Waals surface area (Å²) in [6.45, 7) is 4.05. The third-order valence-corrected chi connectivity index (χ3v) is 3.29. The molecule has 0 aromatic carbocycles. The molecule has 1 N–H and O–H groups in total. The summed E-state index contributed by atoms with van der Waals surface area (Å²) < 4.78 is 6.82. The lowest BCUT2D eigenvalue weighted by atomic mass is 10.2. The minimum absolute atomic E-state index is 0.187. The van der Waals surface area contributed by atoms with Gasteiger partial charge in [-0.2, -0.15) is 9.61 Å². The van der Waals surface area contributed by atoms with Crippen molar-refractivity contribution >= 4 is 28.6 Å². The molecule has 0 unspecified atom stereocenters. The van der Waals surface area contributed by atoms with Crippen LogP contribution in [0.25, 0.3) is 5.65 Å². The zero-order valence-corrected chi connectivity index (χ0v) is 13.2. The van der Waals surface area contributed by atoms with Crippen LogP contribution in [0.1, 0.15) is 25.6 Å². The number of rotatable bonds is 4. The van der Waals surface area contributed by atoms with Crippen LogP contribution in [0.3, 0.4) is 0 Å². The second-order valence-electron chi connectivity index (χ2n) is 5.07. The van der Waals surface area contributed by atoms with Gasteiger partial charge in [0.15, 0.2) is 11.0 Å². The van der Waals surface area contributed by atoms with Crippen LogP contribution >= 0.6 is 11.6 Å². The molecule has 0 aliphatic rings. The molecule has 0 atom stereocenters. The molecule has 114 valence electrons. The van der Waals surface area contributed by atoms with E-state index in [1.54, 1.807) is 30.1 Å². The Morgan fingerprint density at radius 1 is 1.23 bits per heavy atom. The third-order valence-electron chi connectivity index (χ3n) is 3.11. The highest BCUT2D eigenvalue weighted by atomic mass is 35.5. The molecular weight excluding hydrogens is 304 g/mol. The molecule has 3 heterocycles. The molecule has 8 heteroatoms. The molecule has 0 amide bonds. The summed E-state index contributed by atoms with van der Waals surface area (Å²) in [4.78, 5) is 4.11. The molecule has 7 nitrogen and oxygen atoms in total. The van der Waals surface area contributed by atoms with E-state index in [2.05, 4.69) is 25.6 Å². The molecule has 0 spiro atoms. The number of fused-ring (bicyclic) bond motifs is 1. The van der Waals surface area contributed by atoms with Crippen molar-refractivity contribution in [3.8, 4) is 5.75 Å². The monoisotopic (exact) mass is 318 g/mol. The summed E-state index contributed by atoms with van der Waals surface area (Å²) in [6.07, 6.45) is 3.32. The molecule has 0 aliphatic carbocycles. The third kappa shape index (κ3) is 2.67. The molecule has 3 rings (SSSR count). The Morgan fingerprint density at radius 2 is 2.05 bits per heavy atom. The van der Waals surface area contributed by atoms with Crippen molar-refractivity contribution in [2.75, 3.05) is 12.4 Å². The highest BCUT2D eigenvalue weighted by Crippen LogP contribution is 2.26. The van der Waals surface area contributed by atoms with Gasteiger partial charge in [-0.25, -0.2) is 0 Å². The van der Waals surface area contributed by atoms with Crippen LogP contribution in [0.15, 0.2) is 24.5 Å². The molecule has 3 aromatic rings. The number of halogens is 1. The number of methoxy groups -OCH3 is 1. The summed E-state index contributed by atoms with van der Waals surface area (Å²) in [5.41, 5.74) is 2.07. The summed E-state index contributed by atoms with van der Waals surface area (Å²) in [5, 5.41) is 16.2. The van der Waals surface area contributed by atoms with E-state index in [1.807, 2.05) is 19.9 Å². The maximum atomic E-state index is 6.11. The predicted octanol–water partition coefficient (Wildman–Crippen LogP) is 3.05. The molecule has 0 radical (unpaired) electrons. The van der Waals surface area contributed by atoms with Gasteiger partial charge in [0, 0.05) is 18.1 Å². The molecule has 0 saturated heterocycles. The summed E-state index contributed by atoms with van der Waals surface area (Å²) in [7, 11) is 1.59. The van der Waals surface area contributed by atoms with Crippen LogP contribution in [0.2, 0.25) is 5.15 Å². The maximum absolute atomic E-state index is 6.11. The normalized spacial score (nSPS) is 11.1. The van der Waals surface area contributed by atoms with Crippen LogP contribution in [0.5, 0.6) is 5.75 Å². The minimum atomic E-state index is 0.187. The number of hydrogen-bond acceptors (Lipinski definition) is 6. The van der Waals surface area contributed by atoms with Crippen molar-refractivity contribution < 1.29 is 4.74 Å². The Morgan fingerprint density at radius 3 is 2.77 bits per heavy atom. The lowest BCUT2D eigenvalue weighted by molar-refractivity contribution is 0.413. The lowest BCUT2D eigenvalue weighted by Gasteiger charge is -2.09. The second-order valence-corrected chi connectivity index (χ2v) is 5.45. The number of pyridine rings is 1. The number of nitrogens with zero attached hydrogens (tertiary/aromatic N) is 5. The fourth-order valence-corrected chi connectivity index (χ4v) is 2.26. The Labute approximate surface area is 132 Å². The minimum Gasteiger partial charge on any atom is -0.495 e. The standard InChI is InChI=1S/C14H15ClN6O/c1-8(2)13-18-19-14-11(5-12(15)20-21(13)14)17-9-4-10(22-3)7-16-6-9/h4-8,17H,1-3H3. The van der Waals surface area contributed by atoms with Crippen molar-refractivity contribution in [2.24, 2.45) is 0 Å². The van der Waals surface area contributed by atoms with Gasteiger partial charge in [-0.05, 0) is 0 Å². The van der Waals surface area contributed by atoms with Gasteiger partial charge in [0.2, 0.25) is 5.65 Å². The van der Waals surface area contributed by atoms with Gasteiger partial charge >= 0.3 is 0 Å². The molecule has 0 aliphatic heterocycles. The van der Waals surface area contributed by atoms with Crippen LogP contribution < -0.4 is 10.1 Å². The average Bonchev–Trinajstić information content (AvgIpc) is 2.91. The first-order chi connectivity index (χ1) is 10.6. The van der Waals surface area contributed by atoms with Crippen molar-refractivity contribution in [2.45, 2.75) is 19.8 Å². The zero-order chi connectivity index (χ0) is 15.7. The molecule has 22 heavy (non-hydrogen) atoms. The highest BCUT2D eigenvalue weighted by molar-refractivity contribution is 6.29. The quantitative estimate of drug-likeness (QED) is 0.796. The summed E-state index contributed by atoms with van der Waals surface area (Å²) >= 11 is 6.11. The van der Waals surface area contributed by atoms with Crippen LogP contribution in [-0.2, 0) is 0 Å². The SMILES string of the molecule is COc1cncc(Nc2cc(Cl)nn3c(C(C)C)nnc23)c1. The van der Waals surface area contributed by atoms with Crippen molar-refractivity contribution in [1.82, 2.24) is 24.8 Å². The lowest BCUT2D eigenvalue weighted by Crippen LogP contribution is -2.03. The summed E-state index contributed by atoms with van der Waals surface area (Å²) in [6, 6.07) is 3.53. The Balaban J connectivity index is 2.06. The molecule has 0 bridgehead atoms. The number of aromatic nitrogens is 5. The van der Waals surface area contributed by atoms with Gasteiger partial charge in [-0.1, -0.05) is 25.4 Å². The van der Waals surface area contributed by atoms with Gasteiger partial charge in [0.25, 0.3) is 0 Å². The fourth-order valence-electron chi connectivity index (χ4n) is 2.07. The smallest absolute Gasteiger partial charge is 0.201 e. The number of ether oxygens (including phenoxy) is 1. The Kier molecular flexibility index (Phi) is 3.81. The molecule has 0 saturated carbocycles. The number of hydrogen-bond donors (Lipinski definition) is 1. The summed E-state index contributed by atoms with van der Waals surface area (Å²) in [5.74, 6) is 1.60. The fraction of sp³-hybridized carbons (Fsp3) is 0.286. The van der Waals surface area contributed by atoms with Crippen molar-refractivity contribution in [3.05, 3.63) is 35.5 Å². The van der Waals surface area contributed by atoms with Crippen LogP contribution in [-0.4, -0.2) is 31.9 Å². The largest absolute Gasteiger partial charge is 0.495 e. The van der Waals surface area contributed by atoms with E-state index in [0.717, 1.165) is 11.5 Å². The molecular formula is C14H15ClN6O. The molecule has 3 aromatic heterocycles. The first kappa shape index (κ1) is 14.5. The molecule has 0 fully saturated rings. The first-order valence-corrected chi connectivity index (χ1v) is 7.14. The van der Waals surface area contributed by atoms with E-state index >= 15 is 0 Å². The van der Waals surface area contributed by atoms with Crippen molar-refractivity contribution in [1.29, 1.82) is 0 Å². The van der Waals surface area contributed by atoms with E-state index in [-0.39, 0.29) is 5.92 Å². The topological polar surface area (TPSA) is 77.2 Å². The van der Waals surface area contributed by atoms with E-state index in [4.69, 9.17) is 16.3 Å². The zero-order valence-electron chi connectivity index (χ0n) is 12.4. The highest BCUT2D eigenvalue weighted by Gasteiger charge is 2.15. The average molecular weight is 319 g/mol. The van der Waals surface area contributed by atoms with Gasteiger partial charge in [-0.15, -0.1) is 10.2 Å². The Bertz CT molecular complexity index is 816. The predicted molar refractivity (Wildman–Crippen MR) is 84.0 cm³/mol. The second kappa shape index (κ2) is 5.76. The first-order valence-electron chi connectivity index (χ1n) is 6.76. The maximum Gasteiger partial charge on any atom is 0.201 e. The van der Waals surface area contributed by atoms with Gasteiger partial charge in [0.1, 0.15) is 5.75 Å². The van der Waals surface area contributed by atoms with Crippen LogP contribution in [0.4, 0.5) is 11.4 Å². The van der Waals surface area contributed by atoms with Crippen LogP contribution in [0, 0.1) is 0 Å². The van der Waals surface area contributed by atoms with Gasteiger partial charge in [-0.3, -0.25) is 4.98 Å². The van der Waals surface area contributed by atoms with Gasteiger partial charge in [0.05, 0.1) is 30.9 Å². The van der Waals surface area contributed by atoms with E-state index in [9.17, 15) is 0 Å². The number of nitrogens with one attached hydrogen (secondary N) is 1.